The van der Waals surface area contributed by atoms with Gasteiger partial charge in [-0.1, -0.05) is 25.4 Å². The maximum atomic E-state index is 5.94. The Kier molecular flexibility index (Phi) is 2.42. The fraction of sp³-hybridized carbons (Fsp3) is 0.300. The lowest BCUT2D eigenvalue weighted by Gasteiger charge is -2.06. The highest BCUT2D eigenvalue weighted by molar-refractivity contribution is 6.33. The summed E-state index contributed by atoms with van der Waals surface area (Å²) in [5.41, 5.74) is 0.895. The van der Waals surface area contributed by atoms with Crippen LogP contribution in [-0.2, 0) is 6.54 Å². The van der Waals surface area contributed by atoms with Crippen molar-refractivity contribution in [2.24, 2.45) is 0 Å². The van der Waals surface area contributed by atoms with Crippen molar-refractivity contribution < 1.29 is 0 Å². The Balaban J connectivity index is 2.52. The second kappa shape index (κ2) is 3.58. The van der Waals surface area contributed by atoms with Gasteiger partial charge in [-0.2, -0.15) is 0 Å². The van der Waals surface area contributed by atoms with Crippen molar-refractivity contribution in [3.8, 4) is 0 Å². The van der Waals surface area contributed by atoms with E-state index in [1.165, 1.54) is 12.2 Å². The molecule has 2 aromatic rings. The summed E-state index contributed by atoms with van der Waals surface area (Å²) >= 11 is 5.94. The lowest BCUT2D eigenvalue weighted by Crippen LogP contribution is -2.02. The van der Waals surface area contributed by atoms with E-state index in [0.29, 0.717) is 5.15 Å². The summed E-state index contributed by atoms with van der Waals surface area (Å²) in [5, 5.41) is 1.43. The molecule has 0 spiro atoms. The molecule has 2 rings (SSSR count). The zero-order chi connectivity index (χ0) is 10.1. The SMILES string of the molecule is C[C](C)Cn1ccc2c(Cl)ncnc21. The normalized spacial score (nSPS) is 11.4. The van der Waals surface area contributed by atoms with Crippen molar-refractivity contribution in [1.82, 2.24) is 14.5 Å². The average molecular weight is 209 g/mol. The van der Waals surface area contributed by atoms with Crippen LogP contribution in [0.4, 0.5) is 0 Å². The van der Waals surface area contributed by atoms with Gasteiger partial charge in [0.15, 0.2) is 0 Å². The summed E-state index contributed by atoms with van der Waals surface area (Å²) in [4.78, 5) is 8.14. The topological polar surface area (TPSA) is 30.7 Å². The second-order valence-electron chi connectivity index (χ2n) is 3.55. The van der Waals surface area contributed by atoms with E-state index < -0.39 is 0 Å². The fourth-order valence-electron chi connectivity index (χ4n) is 1.44. The van der Waals surface area contributed by atoms with Crippen LogP contribution in [-0.4, -0.2) is 14.5 Å². The van der Waals surface area contributed by atoms with Crippen LogP contribution in [0.25, 0.3) is 11.0 Å². The van der Waals surface area contributed by atoms with Gasteiger partial charge in [0.25, 0.3) is 0 Å². The molecule has 73 valence electrons. The maximum absolute atomic E-state index is 5.94. The molecule has 14 heavy (non-hydrogen) atoms. The molecule has 2 aromatic heterocycles. The minimum absolute atomic E-state index is 0.516. The summed E-state index contributed by atoms with van der Waals surface area (Å²) in [6, 6.07) is 1.95. The molecule has 3 nitrogen and oxygen atoms in total. The van der Waals surface area contributed by atoms with Crippen molar-refractivity contribution in [2.45, 2.75) is 20.4 Å². The predicted molar refractivity (Wildman–Crippen MR) is 57.1 cm³/mol. The quantitative estimate of drug-likeness (QED) is 0.711. The van der Waals surface area contributed by atoms with Crippen LogP contribution in [0.3, 0.4) is 0 Å². The lowest BCUT2D eigenvalue weighted by atomic mass is 10.2. The Bertz CT molecular complexity index is 448. The van der Waals surface area contributed by atoms with E-state index in [-0.39, 0.29) is 0 Å². The fourth-order valence-corrected chi connectivity index (χ4v) is 1.63. The number of hydrogen-bond acceptors (Lipinski definition) is 2. The summed E-state index contributed by atoms with van der Waals surface area (Å²) in [6.07, 6.45) is 3.48. The minimum Gasteiger partial charge on any atom is -0.332 e. The highest BCUT2D eigenvalue weighted by Crippen LogP contribution is 2.20. The molecule has 0 N–H and O–H groups in total. The van der Waals surface area contributed by atoms with Crippen molar-refractivity contribution >= 4 is 22.6 Å². The number of hydrogen-bond donors (Lipinski definition) is 0. The van der Waals surface area contributed by atoms with Gasteiger partial charge in [-0.3, -0.25) is 0 Å². The Morgan fingerprint density at radius 3 is 2.93 bits per heavy atom. The zero-order valence-corrected chi connectivity index (χ0v) is 8.91. The molecule has 4 heteroatoms. The Morgan fingerprint density at radius 2 is 2.21 bits per heavy atom. The number of rotatable bonds is 2. The molecule has 0 saturated heterocycles. The Labute approximate surface area is 87.7 Å². The molecular formula is C10H11ClN3. The highest BCUT2D eigenvalue weighted by atomic mass is 35.5. The van der Waals surface area contributed by atoms with Crippen LogP contribution in [0, 0.1) is 5.92 Å². The van der Waals surface area contributed by atoms with Crippen LogP contribution < -0.4 is 0 Å². The number of fused-ring (bicyclic) bond motifs is 1. The Hall–Kier alpha value is -1.09. The van der Waals surface area contributed by atoms with Crippen LogP contribution >= 0.6 is 11.6 Å². The van der Waals surface area contributed by atoms with Crippen LogP contribution in [0.5, 0.6) is 0 Å². The third-order valence-electron chi connectivity index (χ3n) is 1.99. The van der Waals surface area contributed by atoms with Gasteiger partial charge in [0, 0.05) is 12.7 Å². The van der Waals surface area contributed by atoms with Gasteiger partial charge in [0.1, 0.15) is 17.1 Å². The second-order valence-corrected chi connectivity index (χ2v) is 3.91. The minimum atomic E-state index is 0.516. The first-order valence-electron chi connectivity index (χ1n) is 4.43. The third-order valence-corrected chi connectivity index (χ3v) is 2.30. The first-order chi connectivity index (χ1) is 6.68. The molecule has 0 atom stereocenters. The van der Waals surface area contributed by atoms with Gasteiger partial charge in [-0.15, -0.1) is 0 Å². The molecule has 0 fully saturated rings. The van der Waals surface area contributed by atoms with Crippen molar-refractivity contribution in [1.29, 1.82) is 0 Å². The van der Waals surface area contributed by atoms with Gasteiger partial charge < -0.3 is 4.57 Å². The van der Waals surface area contributed by atoms with Crippen LogP contribution in [0.2, 0.25) is 5.15 Å². The van der Waals surface area contributed by atoms with E-state index in [4.69, 9.17) is 11.6 Å². The molecule has 1 radical (unpaired) electrons. The average Bonchev–Trinajstić information content (AvgIpc) is 2.49. The van der Waals surface area contributed by atoms with Gasteiger partial charge >= 0.3 is 0 Å². The Morgan fingerprint density at radius 1 is 1.43 bits per heavy atom. The molecule has 0 aliphatic carbocycles. The molecule has 2 heterocycles. The number of nitrogens with zero attached hydrogens (tertiary/aromatic N) is 3. The van der Waals surface area contributed by atoms with E-state index in [0.717, 1.165) is 17.6 Å². The number of halogens is 1. The summed E-state index contributed by atoms with van der Waals surface area (Å²) in [6.45, 7) is 5.06. The molecule has 0 aliphatic heterocycles. The molecular weight excluding hydrogens is 198 g/mol. The van der Waals surface area contributed by atoms with Gasteiger partial charge in [0.2, 0.25) is 0 Å². The largest absolute Gasteiger partial charge is 0.332 e. The predicted octanol–water partition coefficient (Wildman–Crippen LogP) is 2.70. The molecule has 0 bridgehead atoms. The smallest absolute Gasteiger partial charge is 0.144 e. The number of aromatic nitrogens is 3. The lowest BCUT2D eigenvalue weighted by molar-refractivity contribution is 0.730. The van der Waals surface area contributed by atoms with E-state index >= 15 is 0 Å². The van der Waals surface area contributed by atoms with Gasteiger partial charge in [-0.25, -0.2) is 9.97 Å². The first kappa shape index (κ1) is 9.46. The summed E-state index contributed by atoms with van der Waals surface area (Å²) in [7, 11) is 0. The van der Waals surface area contributed by atoms with Gasteiger partial charge in [0.05, 0.1) is 5.39 Å². The van der Waals surface area contributed by atoms with Gasteiger partial charge in [-0.05, 0) is 12.0 Å². The van der Waals surface area contributed by atoms with Crippen LogP contribution in [0.15, 0.2) is 18.6 Å². The summed E-state index contributed by atoms with van der Waals surface area (Å²) in [5.74, 6) is 1.33. The maximum Gasteiger partial charge on any atom is 0.144 e. The molecule has 0 unspecified atom stereocenters. The molecule has 0 aromatic carbocycles. The first-order valence-corrected chi connectivity index (χ1v) is 4.80. The van der Waals surface area contributed by atoms with E-state index in [1.807, 2.05) is 12.3 Å². The zero-order valence-electron chi connectivity index (χ0n) is 8.16. The van der Waals surface area contributed by atoms with Crippen molar-refractivity contribution in [3.05, 3.63) is 29.7 Å². The van der Waals surface area contributed by atoms with E-state index in [1.54, 1.807) is 0 Å². The monoisotopic (exact) mass is 208 g/mol. The van der Waals surface area contributed by atoms with Crippen molar-refractivity contribution in [3.63, 3.8) is 0 Å². The van der Waals surface area contributed by atoms with Crippen molar-refractivity contribution in [2.75, 3.05) is 0 Å². The highest BCUT2D eigenvalue weighted by Gasteiger charge is 2.07. The van der Waals surface area contributed by atoms with E-state index in [9.17, 15) is 0 Å². The van der Waals surface area contributed by atoms with Crippen LogP contribution in [0.1, 0.15) is 13.8 Å². The molecule has 0 saturated carbocycles. The van der Waals surface area contributed by atoms with E-state index in [2.05, 4.69) is 28.4 Å². The standard InChI is InChI=1S/C10H11ClN3/c1-7(2)5-14-4-3-8-9(11)12-6-13-10(8)14/h3-4,6H,5H2,1-2H3. The molecule has 0 aliphatic rings. The molecule has 0 amide bonds. The third kappa shape index (κ3) is 1.60. The summed E-state index contributed by atoms with van der Waals surface area (Å²) < 4.78 is 2.07.